The van der Waals surface area contributed by atoms with Crippen LogP contribution in [0.25, 0.3) is 0 Å². The van der Waals surface area contributed by atoms with Gasteiger partial charge in [-0.15, -0.1) is 24.8 Å². The highest BCUT2D eigenvalue weighted by Gasteiger charge is 2.20. The summed E-state index contributed by atoms with van der Waals surface area (Å²) >= 11 is 0. The van der Waals surface area contributed by atoms with Gasteiger partial charge >= 0.3 is 0 Å². The first-order valence-corrected chi connectivity index (χ1v) is 7.18. The Bertz CT molecular complexity index is 627. The fraction of sp³-hybridized carbons (Fsp3) is 0.294. The molecule has 2 rings (SSSR count). The van der Waals surface area contributed by atoms with Gasteiger partial charge in [0.2, 0.25) is 0 Å². The van der Waals surface area contributed by atoms with Crippen molar-refractivity contribution in [1.29, 1.82) is 0 Å². The molecule has 2 aromatic rings. The molecule has 3 N–H and O–H groups in total. The molecule has 0 saturated heterocycles. The maximum Gasteiger partial charge on any atom is 0.198 e. The number of rotatable bonds is 6. The van der Waals surface area contributed by atoms with Gasteiger partial charge in [-0.25, -0.2) is 8.78 Å². The lowest BCUT2D eigenvalue weighted by molar-refractivity contribution is 0.399. The Hall–Kier alpha value is -1.40. The van der Waals surface area contributed by atoms with Crippen LogP contribution in [0.5, 0.6) is 11.5 Å². The van der Waals surface area contributed by atoms with E-state index in [2.05, 4.69) is 5.32 Å². The van der Waals surface area contributed by atoms with Crippen molar-refractivity contribution in [3.05, 3.63) is 59.7 Å². The number of hydrogen-bond acceptors (Lipinski definition) is 3. The zero-order valence-corrected chi connectivity index (χ0v) is 15.1. The van der Waals surface area contributed by atoms with Crippen LogP contribution in [0.2, 0.25) is 0 Å². The zero-order valence-electron chi connectivity index (χ0n) is 13.5. The Labute approximate surface area is 153 Å². The maximum atomic E-state index is 14.5. The number of hydrogen-bond donors (Lipinski definition) is 2. The normalized spacial score (nSPS) is 11.4. The zero-order chi connectivity index (χ0) is 16.1. The smallest absolute Gasteiger partial charge is 0.198 e. The van der Waals surface area contributed by atoms with Crippen LogP contribution in [0, 0.1) is 11.6 Å². The van der Waals surface area contributed by atoms with Gasteiger partial charge in [-0.3, -0.25) is 0 Å². The van der Waals surface area contributed by atoms with E-state index >= 15 is 0 Å². The third kappa shape index (κ3) is 5.91. The molecular formula is C17H22Cl2F2N2O. The van der Waals surface area contributed by atoms with E-state index in [-0.39, 0.29) is 36.4 Å². The maximum absolute atomic E-state index is 14.5. The van der Waals surface area contributed by atoms with Crippen molar-refractivity contribution < 1.29 is 13.5 Å². The van der Waals surface area contributed by atoms with Crippen molar-refractivity contribution >= 4 is 24.8 Å². The molecule has 0 aliphatic heterocycles. The van der Waals surface area contributed by atoms with E-state index in [1.54, 1.807) is 30.3 Å². The quantitative estimate of drug-likeness (QED) is 0.771. The monoisotopic (exact) mass is 378 g/mol. The summed E-state index contributed by atoms with van der Waals surface area (Å²) in [7, 11) is 0. The summed E-state index contributed by atoms with van der Waals surface area (Å²) in [6, 6.07) is 10.7. The molecule has 0 aliphatic carbocycles. The van der Waals surface area contributed by atoms with Crippen molar-refractivity contribution in [3.8, 4) is 11.5 Å². The predicted octanol–water partition coefficient (Wildman–Crippen LogP) is 4.60. The fourth-order valence-electron chi connectivity index (χ4n) is 2.01. The molecule has 0 amide bonds. The molecule has 24 heavy (non-hydrogen) atoms. The Kier molecular flexibility index (Phi) is 9.85. The van der Waals surface area contributed by atoms with Gasteiger partial charge < -0.3 is 15.8 Å². The molecule has 0 aromatic heterocycles. The summed E-state index contributed by atoms with van der Waals surface area (Å²) in [5, 5.41) is 3.13. The van der Waals surface area contributed by atoms with Crippen molar-refractivity contribution in [2.45, 2.75) is 25.9 Å². The van der Waals surface area contributed by atoms with Crippen LogP contribution in [0.3, 0.4) is 0 Å². The minimum atomic E-state index is -0.762. The van der Waals surface area contributed by atoms with Crippen LogP contribution in [-0.2, 0) is 0 Å². The third-order valence-corrected chi connectivity index (χ3v) is 3.19. The molecule has 7 heteroatoms. The second kappa shape index (κ2) is 10.5. The van der Waals surface area contributed by atoms with E-state index in [1.165, 1.54) is 12.1 Å². The molecule has 0 saturated carbocycles. The van der Waals surface area contributed by atoms with E-state index in [9.17, 15) is 8.78 Å². The Balaban J connectivity index is 0.00000264. The van der Waals surface area contributed by atoms with Crippen molar-refractivity contribution in [2.24, 2.45) is 5.73 Å². The highest BCUT2D eigenvalue weighted by atomic mass is 35.5. The van der Waals surface area contributed by atoms with Gasteiger partial charge in [0.15, 0.2) is 17.4 Å². The molecule has 1 unspecified atom stereocenters. The molecule has 2 aromatic carbocycles. The van der Waals surface area contributed by atoms with Gasteiger partial charge in [0.1, 0.15) is 5.75 Å². The average molecular weight is 379 g/mol. The molecule has 0 spiro atoms. The Morgan fingerprint density at radius 2 is 1.67 bits per heavy atom. The molecule has 0 radical (unpaired) electrons. The van der Waals surface area contributed by atoms with Crippen molar-refractivity contribution in [3.63, 3.8) is 0 Å². The van der Waals surface area contributed by atoms with Crippen LogP contribution in [0.4, 0.5) is 8.78 Å². The fourth-order valence-corrected chi connectivity index (χ4v) is 2.01. The van der Waals surface area contributed by atoms with Crippen molar-refractivity contribution in [1.82, 2.24) is 5.32 Å². The SMILES string of the molecule is CC(C)NCC(N)c1ccc(F)c(Oc2ccccc2)c1F.Cl.Cl. The first-order valence-electron chi connectivity index (χ1n) is 7.18. The van der Waals surface area contributed by atoms with E-state index in [0.29, 0.717) is 12.3 Å². The van der Waals surface area contributed by atoms with Gasteiger partial charge in [-0.05, 0) is 18.2 Å². The molecule has 1 atom stereocenters. The number of halogens is 4. The number of nitrogens with one attached hydrogen (secondary N) is 1. The first kappa shape index (κ1) is 22.6. The number of nitrogens with two attached hydrogens (primary N) is 1. The van der Waals surface area contributed by atoms with Gasteiger partial charge in [0.25, 0.3) is 0 Å². The van der Waals surface area contributed by atoms with Gasteiger partial charge in [0.05, 0.1) is 0 Å². The highest BCUT2D eigenvalue weighted by molar-refractivity contribution is 5.85. The summed E-state index contributed by atoms with van der Waals surface area (Å²) in [4.78, 5) is 0. The van der Waals surface area contributed by atoms with E-state index in [1.807, 2.05) is 13.8 Å². The standard InChI is InChI=1S/C17H20F2N2O.2ClH/c1-11(2)21-10-15(20)13-8-9-14(18)17(16(13)19)22-12-6-4-3-5-7-12;;/h3-9,11,15,21H,10,20H2,1-2H3;2*1H. The van der Waals surface area contributed by atoms with Crippen LogP contribution >= 0.6 is 24.8 Å². The average Bonchev–Trinajstić information content (AvgIpc) is 2.50. The summed E-state index contributed by atoms with van der Waals surface area (Å²) < 4.78 is 33.7. The van der Waals surface area contributed by atoms with Gasteiger partial charge in [-0.1, -0.05) is 38.1 Å². The lowest BCUT2D eigenvalue weighted by atomic mass is 10.1. The van der Waals surface area contributed by atoms with Crippen LogP contribution in [0.15, 0.2) is 42.5 Å². The van der Waals surface area contributed by atoms with Crippen LogP contribution < -0.4 is 15.8 Å². The third-order valence-electron chi connectivity index (χ3n) is 3.19. The van der Waals surface area contributed by atoms with E-state index < -0.39 is 23.4 Å². The van der Waals surface area contributed by atoms with Crippen molar-refractivity contribution in [2.75, 3.05) is 6.54 Å². The summed E-state index contributed by atoms with van der Waals surface area (Å²) in [6.07, 6.45) is 0. The molecule has 0 fully saturated rings. The lowest BCUT2D eigenvalue weighted by Crippen LogP contribution is -2.32. The van der Waals surface area contributed by atoms with Gasteiger partial charge in [0, 0.05) is 24.2 Å². The number of para-hydroxylation sites is 1. The Morgan fingerprint density at radius 3 is 2.25 bits per heavy atom. The second-order valence-corrected chi connectivity index (χ2v) is 5.36. The summed E-state index contributed by atoms with van der Waals surface area (Å²) in [5.41, 5.74) is 6.20. The molecule has 0 bridgehead atoms. The highest BCUT2D eigenvalue weighted by Crippen LogP contribution is 2.31. The molecular weight excluding hydrogens is 357 g/mol. The summed E-state index contributed by atoms with van der Waals surface area (Å²) in [6.45, 7) is 4.33. The van der Waals surface area contributed by atoms with E-state index in [0.717, 1.165) is 0 Å². The minimum absolute atomic E-state index is 0. The topological polar surface area (TPSA) is 47.3 Å². The van der Waals surface area contributed by atoms with E-state index in [4.69, 9.17) is 10.5 Å². The second-order valence-electron chi connectivity index (χ2n) is 5.36. The minimum Gasteiger partial charge on any atom is -0.451 e. The largest absolute Gasteiger partial charge is 0.451 e. The molecule has 3 nitrogen and oxygen atoms in total. The van der Waals surface area contributed by atoms with Gasteiger partial charge in [-0.2, -0.15) is 0 Å². The Morgan fingerprint density at radius 1 is 1.04 bits per heavy atom. The lowest BCUT2D eigenvalue weighted by Gasteiger charge is -2.18. The molecule has 134 valence electrons. The summed E-state index contributed by atoms with van der Waals surface area (Å²) in [5.74, 6) is -1.58. The molecule has 0 heterocycles. The molecule has 0 aliphatic rings. The number of ether oxygens (including phenoxy) is 1. The van der Waals surface area contributed by atoms with Crippen LogP contribution in [0.1, 0.15) is 25.5 Å². The first-order chi connectivity index (χ1) is 10.5. The predicted molar refractivity (Wildman–Crippen MR) is 97.4 cm³/mol. The van der Waals surface area contributed by atoms with Crippen LogP contribution in [-0.4, -0.2) is 12.6 Å². The number of benzene rings is 2.